The molecule has 2 aromatic rings. The van der Waals surface area contributed by atoms with Crippen molar-refractivity contribution in [2.75, 3.05) is 0 Å². The number of aryl methyl sites for hydroxylation is 3. The zero-order valence-corrected chi connectivity index (χ0v) is 12.0. The lowest BCUT2D eigenvalue weighted by molar-refractivity contribution is 0.512. The Kier molecular flexibility index (Phi) is 3.72. The molecule has 17 heavy (non-hydrogen) atoms. The molecule has 0 radical (unpaired) electrons. The molecule has 0 aliphatic rings. The summed E-state index contributed by atoms with van der Waals surface area (Å²) in [6.07, 6.45) is 2.70. The molecular formula is C15H17BrO. The molecule has 0 bridgehead atoms. The molecule has 2 rings (SSSR count). The average molecular weight is 293 g/mol. The lowest BCUT2D eigenvalue weighted by Gasteiger charge is -2.13. The van der Waals surface area contributed by atoms with Crippen LogP contribution in [0.4, 0.5) is 0 Å². The van der Waals surface area contributed by atoms with Crippen molar-refractivity contribution in [3.05, 3.63) is 58.5 Å². The number of hydrogen-bond acceptors (Lipinski definition) is 1. The van der Waals surface area contributed by atoms with Crippen LogP contribution in [0.2, 0.25) is 0 Å². The summed E-state index contributed by atoms with van der Waals surface area (Å²) in [7, 11) is 0. The van der Waals surface area contributed by atoms with Gasteiger partial charge in [0.05, 0.1) is 11.1 Å². The van der Waals surface area contributed by atoms with Crippen molar-refractivity contribution in [3.8, 4) is 0 Å². The Morgan fingerprint density at radius 1 is 1.18 bits per heavy atom. The Bertz CT molecular complexity index is 513. The molecule has 2 heteroatoms. The van der Waals surface area contributed by atoms with Gasteiger partial charge in [-0.15, -0.1) is 0 Å². The number of furan rings is 1. The first-order valence-electron chi connectivity index (χ1n) is 5.91. The summed E-state index contributed by atoms with van der Waals surface area (Å²) >= 11 is 3.78. The van der Waals surface area contributed by atoms with E-state index in [-0.39, 0.29) is 4.83 Å². The van der Waals surface area contributed by atoms with Crippen LogP contribution >= 0.6 is 15.9 Å². The molecular weight excluding hydrogens is 276 g/mol. The van der Waals surface area contributed by atoms with Crippen molar-refractivity contribution in [2.24, 2.45) is 0 Å². The largest absolute Gasteiger partial charge is 0.469 e. The van der Waals surface area contributed by atoms with Gasteiger partial charge in [0, 0.05) is 12.0 Å². The highest BCUT2D eigenvalue weighted by Gasteiger charge is 2.17. The molecule has 1 aromatic heterocycles. The van der Waals surface area contributed by atoms with Crippen molar-refractivity contribution < 1.29 is 4.42 Å². The van der Waals surface area contributed by atoms with Gasteiger partial charge in [0.1, 0.15) is 5.76 Å². The molecule has 0 spiro atoms. The molecule has 0 saturated carbocycles. The average Bonchev–Trinajstić information content (AvgIpc) is 2.76. The number of halogens is 1. The topological polar surface area (TPSA) is 13.1 Å². The fourth-order valence-corrected chi connectivity index (χ4v) is 3.06. The van der Waals surface area contributed by atoms with Gasteiger partial charge in [-0.2, -0.15) is 0 Å². The Hall–Kier alpha value is -1.02. The van der Waals surface area contributed by atoms with E-state index in [0.29, 0.717) is 0 Å². The smallest absolute Gasteiger partial charge is 0.108 e. The second-order valence-corrected chi connectivity index (χ2v) is 5.29. The second-order valence-electron chi connectivity index (χ2n) is 4.38. The van der Waals surface area contributed by atoms with Gasteiger partial charge < -0.3 is 4.42 Å². The Morgan fingerprint density at radius 3 is 2.59 bits per heavy atom. The number of hydrogen-bond donors (Lipinski definition) is 0. The minimum absolute atomic E-state index is 0.219. The zero-order valence-electron chi connectivity index (χ0n) is 10.5. The minimum atomic E-state index is 0.219. The molecule has 1 nitrogen and oxygen atoms in total. The number of rotatable bonds is 3. The number of benzene rings is 1. The molecule has 0 N–H and O–H groups in total. The SMILES string of the molecule is CCc1occc1C(Br)c1ccc(C)cc1C. The Morgan fingerprint density at radius 2 is 1.94 bits per heavy atom. The van der Waals surface area contributed by atoms with Crippen LogP contribution in [0.3, 0.4) is 0 Å². The summed E-state index contributed by atoms with van der Waals surface area (Å²) in [6, 6.07) is 8.62. The molecule has 1 aromatic carbocycles. The van der Waals surface area contributed by atoms with Crippen LogP contribution in [0.1, 0.15) is 39.8 Å². The first kappa shape index (κ1) is 12.4. The van der Waals surface area contributed by atoms with E-state index in [9.17, 15) is 0 Å². The third kappa shape index (κ3) is 2.47. The van der Waals surface area contributed by atoms with Crippen LogP contribution in [0, 0.1) is 13.8 Å². The van der Waals surface area contributed by atoms with E-state index < -0.39 is 0 Å². The third-order valence-electron chi connectivity index (χ3n) is 3.07. The fraction of sp³-hybridized carbons (Fsp3) is 0.333. The van der Waals surface area contributed by atoms with E-state index >= 15 is 0 Å². The molecule has 0 saturated heterocycles. The van der Waals surface area contributed by atoms with Gasteiger partial charge in [-0.3, -0.25) is 0 Å². The van der Waals surface area contributed by atoms with Gasteiger partial charge in [0.2, 0.25) is 0 Å². The van der Waals surface area contributed by atoms with Crippen molar-refractivity contribution in [2.45, 2.75) is 32.0 Å². The minimum Gasteiger partial charge on any atom is -0.469 e. The van der Waals surface area contributed by atoms with E-state index in [1.54, 1.807) is 6.26 Å². The summed E-state index contributed by atoms with van der Waals surface area (Å²) in [5.74, 6) is 1.06. The molecule has 1 heterocycles. The highest BCUT2D eigenvalue weighted by atomic mass is 79.9. The monoisotopic (exact) mass is 292 g/mol. The van der Waals surface area contributed by atoms with Gasteiger partial charge in [0.15, 0.2) is 0 Å². The molecule has 0 fully saturated rings. The predicted octanol–water partition coefficient (Wildman–Crippen LogP) is 4.94. The summed E-state index contributed by atoms with van der Waals surface area (Å²) in [5, 5.41) is 0. The van der Waals surface area contributed by atoms with E-state index in [1.807, 2.05) is 0 Å². The van der Waals surface area contributed by atoms with Gasteiger partial charge in [-0.05, 0) is 31.0 Å². The van der Waals surface area contributed by atoms with Crippen molar-refractivity contribution in [1.82, 2.24) is 0 Å². The second kappa shape index (κ2) is 5.09. The maximum absolute atomic E-state index is 5.49. The van der Waals surface area contributed by atoms with E-state index in [0.717, 1.165) is 12.2 Å². The summed E-state index contributed by atoms with van der Waals surface area (Å²) < 4.78 is 5.49. The van der Waals surface area contributed by atoms with Crippen LogP contribution in [-0.4, -0.2) is 0 Å². The lowest BCUT2D eigenvalue weighted by atomic mass is 9.98. The van der Waals surface area contributed by atoms with Crippen LogP contribution in [0.15, 0.2) is 34.9 Å². The molecule has 0 aliphatic carbocycles. The van der Waals surface area contributed by atoms with Crippen LogP contribution in [0.5, 0.6) is 0 Å². The maximum atomic E-state index is 5.49. The fourth-order valence-electron chi connectivity index (χ4n) is 2.14. The van der Waals surface area contributed by atoms with Gasteiger partial charge in [0.25, 0.3) is 0 Å². The van der Waals surface area contributed by atoms with Gasteiger partial charge in [-0.1, -0.05) is 46.6 Å². The summed E-state index contributed by atoms with van der Waals surface area (Å²) in [4.78, 5) is 0.219. The maximum Gasteiger partial charge on any atom is 0.108 e. The quantitative estimate of drug-likeness (QED) is 0.730. The van der Waals surface area contributed by atoms with Crippen LogP contribution in [-0.2, 0) is 6.42 Å². The molecule has 90 valence electrons. The standard InChI is InChI=1S/C15H17BrO/c1-4-14-13(7-8-17-14)15(16)12-6-5-10(2)9-11(12)3/h5-9,15H,4H2,1-3H3. The molecule has 0 aliphatic heterocycles. The van der Waals surface area contributed by atoms with E-state index in [2.05, 4.69) is 61.0 Å². The van der Waals surface area contributed by atoms with Crippen LogP contribution in [0.25, 0.3) is 0 Å². The van der Waals surface area contributed by atoms with E-state index in [4.69, 9.17) is 4.42 Å². The molecule has 1 unspecified atom stereocenters. The van der Waals surface area contributed by atoms with Crippen molar-refractivity contribution in [1.29, 1.82) is 0 Å². The normalized spacial score (nSPS) is 12.7. The predicted molar refractivity (Wildman–Crippen MR) is 74.8 cm³/mol. The molecule has 0 amide bonds. The Balaban J connectivity index is 2.40. The molecule has 1 atom stereocenters. The van der Waals surface area contributed by atoms with Gasteiger partial charge >= 0.3 is 0 Å². The summed E-state index contributed by atoms with van der Waals surface area (Å²) in [6.45, 7) is 6.39. The van der Waals surface area contributed by atoms with E-state index in [1.165, 1.54) is 22.3 Å². The number of alkyl halides is 1. The highest BCUT2D eigenvalue weighted by Crippen LogP contribution is 2.35. The van der Waals surface area contributed by atoms with Crippen LogP contribution < -0.4 is 0 Å². The lowest BCUT2D eigenvalue weighted by Crippen LogP contribution is -1.97. The van der Waals surface area contributed by atoms with Gasteiger partial charge in [-0.25, -0.2) is 0 Å². The highest BCUT2D eigenvalue weighted by molar-refractivity contribution is 9.09. The van der Waals surface area contributed by atoms with Crippen molar-refractivity contribution >= 4 is 15.9 Å². The first-order valence-corrected chi connectivity index (χ1v) is 6.82. The first-order chi connectivity index (χ1) is 8.13. The zero-order chi connectivity index (χ0) is 12.4. The Labute approximate surface area is 111 Å². The summed E-state index contributed by atoms with van der Waals surface area (Å²) in [5.41, 5.74) is 5.16. The van der Waals surface area contributed by atoms with Crippen molar-refractivity contribution in [3.63, 3.8) is 0 Å². The third-order valence-corrected chi connectivity index (χ3v) is 4.06.